The number of ether oxygens (including phenoxy) is 2. The molecule has 0 saturated heterocycles. The number of carbonyl (C=O) groups excluding carboxylic acids is 2. The van der Waals surface area contributed by atoms with E-state index in [-0.39, 0.29) is 11.1 Å². The minimum absolute atomic E-state index is 0.191. The average molecular weight is 496 g/mol. The average Bonchev–Trinajstić information content (AvgIpc) is 3.43. The van der Waals surface area contributed by atoms with Gasteiger partial charge in [-0.2, -0.15) is 0 Å². The lowest BCUT2D eigenvalue weighted by molar-refractivity contribution is -0.138. The molecule has 7 heteroatoms. The van der Waals surface area contributed by atoms with Gasteiger partial charge in [0.05, 0.1) is 30.0 Å². The van der Waals surface area contributed by atoms with Gasteiger partial charge in [0.2, 0.25) is 0 Å². The van der Waals surface area contributed by atoms with E-state index < -0.39 is 29.1 Å². The number of hydrogen-bond acceptors (Lipinski definition) is 6. The first kappa shape index (κ1) is 24.3. The predicted molar refractivity (Wildman–Crippen MR) is 143 cm³/mol. The first-order valence-electron chi connectivity index (χ1n) is 12.2. The molecule has 1 amide bonds. The van der Waals surface area contributed by atoms with Gasteiger partial charge in [-0.05, 0) is 55.3 Å². The molecule has 0 spiro atoms. The summed E-state index contributed by atoms with van der Waals surface area (Å²) in [4.78, 5) is 26.9. The Morgan fingerprint density at radius 2 is 1.43 bits per heavy atom. The van der Waals surface area contributed by atoms with Crippen LogP contribution in [0.5, 0.6) is 0 Å². The number of fused-ring (bicyclic) bond motifs is 2. The predicted octanol–water partition coefficient (Wildman–Crippen LogP) is 4.42. The Morgan fingerprint density at radius 1 is 0.838 bits per heavy atom. The monoisotopic (exact) mass is 495 g/mol. The van der Waals surface area contributed by atoms with E-state index in [9.17, 15) is 9.59 Å². The van der Waals surface area contributed by atoms with Gasteiger partial charge >= 0.3 is 5.97 Å². The molecule has 7 nitrogen and oxygen atoms in total. The fraction of sp³-hybridized carbons (Fsp3) is 0.200. The topological polar surface area (TPSA) is 88.7 Å². The quantitative estimate of drug-likeness (QED) is 0.231. The van der Waals surface area contributed by atoms with Gasteiger partial charge in [0, 0.05) is 5.69 Å². The van der Waals surface area contributed by atoms with Crippen LogP contribution in [0.4, 0.5) is 11.4 Å². The smallest absolute Gasteiger partial charge is 0.337 e. The lowest BCUT2D eigenvalue weighted by Gasteiger charge is -2.36. The Kier molecular flexibility index (Phi) is 6.54. The Hall–Kier alpha value is -4.36. The zero-order valence-electron chi connectivity index (χ0n) is 20.7. The molecular formula is C30H29N3O4. The number of esters is 1. The minimum atomic E-state index is -1.23. The lowest BCUT2D eigenvalue weighted by atomic mass is 9.76. The summed E-state index contributed by atoms with van der Waals surface area (Å²) in [6.45, 7) is 1.79. The second kappa shape index (κ2) is 9.95. The van der Waals surface area contributed by atoms with E-state index in [2.05, 4.69) is 16.2 Å². The molecule has 188 valence electrons. The van der Waals surface area contributed by atoms with Crippen molar-refractivity contribution >= 4 is 23.3 Å². The summed E-state index contributed by atoms with van der Waals surface area (Å²) in [6, 6.07) is 28.5. The van der Waals surface area contributed by atoms with Crippen LogP contribution in [0.25, 0.3) is 0 Å². The van der Waals surface area contributed by atoms with E-state index in [4.69, 9.17) is 9.47 Å². The molecule has 0 saturated carbocycles. The molecular weight excluding hydrogens is 466 g/mol. The van der Waals surface area contributed by atoms with E-state index in [0.717, 1.165) is 11.3 Å². The van der Waals surface area contributed by atoms with Crippen LogP contribution in [-0.4, -0.2) is 36.2 Å². The number of anilines is 2. The van der Waals surface area contributed by atoms with Crippen molar-refractivity contribution in [1.29, 1.82) is 0 Å². The Morgan fingerprint density at radius 3 is 2.05 bits per heavy atom. The van der Waals surface area contributed by atoms with Crippen molar-refractivity contribution in [3.05, 3.63) is 120 Å². The Bertz CT molecular complexity index is 1300. The number of hydrogen-bond donors (Lipinski definition) is 3. The summed E-state index contributed by atoms with van der Waals surface area (Å²) >= 11 is 0. The number of hydrazine groups is 1. The Labute approximate surface area is 216 Å². The first-order valence-corrected chi connectivity index (χ1v) is 12.2. The highest BCUT2D eigenvalue weighted by molar-refractivity contribution is 6.08. The van der Waals surface area contributed by atoms with Crippen LogP contribution in [0.1, 0.15) is 12.5 Å². The molecule has 3 aromatic rings. The maximum Gasteiger partial charge on any atom is 0.337 e. The molecule has 0 aliphatic carbocycles. The van der Waals surface area contributed by atoms with Gasteiger partial charge in [-0.15, -0.1) is 0 Å². The SMILES string of the molecule is COC(=O)C1=C(C(=O)NNc2ccccc2)C2(C)C=CC1(C(Cc1ccccc1)Nc1ccccc1)O2. The highest BCUT2D eigenvalue weighted by Crippen LogP contribution is 2.52. The maximum absolute atomic E-state index is 13.6. The number of para-hydroxylation sites is 2. The molecule has 3 atom stereocenters. The number of nitrogens with one attached hydrogen (secondary N) is 3. The second-order valence-electron chi connectivity index (χ2n) is 9.27. The van der Waals surface area contributed by atoms with E-state index in [1.54, 1.807) is 6.92 Å². The third kappa shape index (κ3) is 4.61. The van der Waals surface area contributed by atoms with Crippen LogP contribution in [0.3, 0.4) is 0 Å². The summed E-state index contributed by atoms with van der Waals surface area (Å²) in [6.07, 6.45) is 4.26. The van der Waals surface area contributed by atoms with E-state index in [1.807, 2.05) is 103 Å². The zero-order chi connectivity index (χ0) is 25.9. The van der Waals surface area contributed by atoms with Crippen LogP contribution < -0.4 is 16.2 Å². The minimum Gasteiger partial charge on any atom is -0.466 e. The standard InChI is InChI=1S/C30H29N3O4/c1-29-18-19-30(37-29,24(20-21-12-6-3-7-13-21)31-22-14-8-4-9-15-22)26(28(35)36-2)25(29)27(34)33-32-23-16-10-5-11-17-23/h3-19,24,31-32H,20H2,1-2H3,(H,33,34). The Balaban J connectivity index is 1.56. The van der Waals surface area contributed by atoms with Crippen LogP contribution in [0, 0.1) is 0 Å². The summed E-state index contributed by atoms with van der Waals surface area (Å²) in [5.41, 5.74) is 6.36. The number of carbonyl (C=O) groups is 2. The molecule has 5 rings (SSSR count). The first-order chi connectivity index (χ1) is 17.9. The van der Waals surface area contributed by atoms with Gasteiger partial charge in [0.25, 0.3) is 5.91 Å². The van der Waals surface area contributed by atoms with Gasteiger partial charge in [0.15, 0.2) is 0 Å². The zero-order valence-corrected chi connectivity index (χ0v) is 20.7. The number of methoxy groups -OCH3 is 1. The van der Waals surface area contributed by atoms with Gasteiger partial charge in [-0.3, -0.25) is 15.6 Å². The number of benzene rings is 3. The molecule has 2 aliphatic heterocycles. The lowest BCUT2D eigenvalue weighted by Crippen LogP contribution is -2.50. The van der Waals surface area contributed by atoms with Crippen molar-refractivity contribution in [3.63, 3.8) is 0 Å². The summed E-state index contributed by atoms with van der Waals surface area (Å²) in [7, 11) is 1.32. The van der Waals surface area contributed by atoms with Crippen LogP contribution in [-0.2, 0) is 25.5 Å². The van der Waals surface area contributed by atoms with Crippen molar-refractivity contribution in [2.75, 3.05) is 17.9 Å². The van der Waals surface area contributed by atoms with Crippen LogP contribution in [0.15, 0.2) is 114 Å². The van der Waals surface area contributed by atoms with Gasteiger partial charge in [0.1, 0.15) is 11.2 Å². The van der Waals surface area contributed by atoms with E-state index in [1.165, 1.54) is 7.11 Å². The van der Waals surface area contributed by atoms with Crippen molar-refractivity contribution in [3.8, 4) is 0 Å². The fourth-order valence-electron chi connectivity index (χ4n) is 5.09. The molecule has 2 heterocycles. The highest BCUT2D eigenvalue weighted by atomic mass is 16.6. The number of amides is 1. The molecule has 3 N–H and O–H groups in total. The van der Waals surface area contributed by atoms with Gasteiger partial charge in [-0.1, -0.05) is 66.7 Å². The molecule has 0 radical (unpaired) electrons. The van der Waals surface area contributed by atoms with Crippen molar-refractivity contribution < 1.29 is 19.1 Å². The molecule has 2 bridgehead atoms. The van der Waals surface area contributed by atoms with Gasteiger partial charge in [-0.25, -0.2) is 4.79 Å². The van der Waals surface area contributed by atoms with Crippen LogP contribution >= 0.6 is 0 Å². The van der Waals surface area contributed by atoms with Gasteiger partial charge < -0.3 is 14.8 Å². The summed E-state index contributed by atoms with van der Waals surface area (Å²) in [5, 5.41) is 3.57. The molecule has 37 heavy (non-hydrogen) atoms. The summed E-state index contributed by atoms with van der Waals surface area (Å²) < 4.78 is 11.8. The van der Waals surface area contributed by atoms with Crippen molar-refractivity contribution in [2.24, 2.45) is 0 Å². The normalized spacial score (nSPS) is 22.4. The summed E-state index contributed by atoms with van der Waals surface area (Å²) in [5.74, 6) is -1.07. The largest absolute Gasteiger partial charge is 0.466 e. The van der Waals surface area contributed by atoms with E-state index in [0.29, 0.717) is 12.1 Å². The van der Waals surface area contributed by atoms with Crippen molar-refractivity contribution in [1.82, 2.24) is 5.43 Å². The molecule has 0 aromatic heterocycles. The molecule has 0 fully saturated rings. The highest BCUT2D eigenvalue weighted by Gasteiger charge is 2.62. The third-order valence-corrected chi connectivity index (χ3v) is 6.79. The molecule has 3 unspecified atom stereocenters. The molecule has 3 aromatic carbocycles. The number of rotatable bonds is 9. The van der Waals surface area contributed by atoms with Crippen molar-refractivity contribution in [2.45, 2.75) is 30.6 Å². The second-order valence-corrected chi connectivity index (χ2v) is 9.27. The maximum atomic E-state index is 13.6. The fourth-order valence-corrected chi connectivity index (χ4v) is 5.09. The van der Waals surface area contributed by atoms with E-state index >= 15 is 0 Å². The van der Waals surface area contributed by atoms with Crippen LogP contribution in [0.2, 0.25) is 0 Å². The third-order valence-electron chi connectivity index (χ3n) is 6.79. The molecule has 2 aliphatic rings.